The highest BCUT2D eigenvalue weighted by Gasteiger charge is 2.34. The molecular weight excluding hydrogens is 318 g/mol. The summed E-state index contributed by atoms with van der Waals surface area (Å²) in [5.41, 5.74) is 2.70. The Labute approximate surface area is 144 Å². The summed E-state index contributed by atoms with van der Waals surface area (Å²) in [6.07, 6.45) is 6.17. The van der Waals surface area contributed by atoms with Crippen molar-refractivity contribution in [2.24, 2.45) is 7.05 Å². The lowest BCUT2D eigenvalue weighted by molar-refractivity contribution is -0.126. The molecule has 1 fully saturated rings. The van der Waals surface area contributed by atoms with Crippen molar-refractivity contribution in [2.45, 2.75) is 18.9 Å². The molecule has 1 aliphatic rings. The molecule has 0 saturated carbocycles. The maximum Gasteiger partial charge on any atom is 0.249 e. The molecule has 25 heavy (non-hydrogen) atoms. The van der Waals surface area contributed by atoms with Crippen LogP contribution in [0.2, 0.25) is 0 Å². The molecule has 4 rings (SSSR count). The molecule has 1 unspecified atom stereocenters. The number of nitrogens with zero attached hydrogens (tertiary/aromatic N) is 3. The van der Waals surface area contributed by atoms with E-state index in [2.05, 4.69) is 15.4 Å². The number of hydrogen-bond acceptors (Lipinski definition) is 3. The van der Waals surface area contributed by atoms with Gasteiger partial charge in [-0.25, -0.2) is 0 Å². The fourth-order valence-corrected chi connectivity index (χ4v) is 3.31. The van der Waals surface area contributed by atoms with Gasteiger partial charge < -0.3 is 15.2 Å². The topological polar surface area (TPSA) is 83.0 Å². The number of para-hydroxylation sites is 1. The number of H-pyrrole nitrogens is 1. The number of aromatic amines is 1. The summed E-state index contributed by atoms with van der Waals surface area (Å²) >= 11 is 0. The van der Waals surface area contributed by atoms with Gasteiger partial charge in [-0.05, 0) is 18.1 Å². The molecular formula is C18H19N5O2. The maximum absolute atomic E-state index is 12.5. The van der Waals surface area contributed by atoms with E-state index in [0.717, 1.165) is 22.2 Å². The highest BCUT2D eigenvalue weighted by atomic mass is 16.2. The Morgan fingerprint density at radius 2 is 2.24 bits per heavy atom. The largest absolute Gasteiger partial charge is 0.361 e. The fourth-order valence-electron chi connectivity index (χ4n) is 3.31. The van der Waals surface area contributed by atoms with E-state index in [1.54, 1.807) is 22.0 Å². The lowest BCUT2D eigenvalue weighted by Gasteiger charge is -2.15. The molecule has 0 bridgehead atoms. The second-order valence-corrected chi connectivity index (χ2v) is 6.31. The number of fused-ring (bicyclic) bond motifs is 1. The van der Waals surface area contributed by atoms with Crippen molar-refractivity contribution in [3.8, 4) is 0 Å². The Morgan fingerprint density at radius 3 is 3.04 bits per heavy atom. The molecule has 1 saturated heterocycles. The maximum atomic E-state index is 12.5. The van der Waals surface area contributed by atoms with Crippen LogP contribution in [-0.2, 0) is 23.1 Å². The van der Waals surface area contributed by atoms with Crippen molar-refractivity contribution in [3.05, 3.63) is 48.4 Å². The van der Waals surface area contributed by atoms with Crippen molar-refractivity contribution < 1.29 is 9.59 Å². The first-order valence-electron chi connectivity index (χ1n) is 8.26. The van der Waals surface area contributed by atoms with Crippen LogP contribution in [0.15, 0.2) is 42.9 Å². The van der Waals surface area contributed by atoms with Crippen LogP contribution in [0.25, 0.3) is 10.9 Å². The first kappa shape index (κ1) is 15.4. The zero-order valence-electron chi connectivity index (χ0n) is 13.9. The molecule has 1 aliphatic heterocycles. The predicted molar refractivity (Wildman–Crippen MR) is 94.1 cm³/mol. The van der Waals surface area contributed by atoms with Gasteiger partial charge in [0.25, 0.3) is 0 Å². The number of anilines is 1. The van der Waals surface area contributed by atoms with Crippen molar-refractivity contribution in [1.82, 2.24) is 20.1 Å². The van der Waals surface area contributed by atoms with E-state index >= 15 is 0 Å². The fraction of sp³-hybridized carbons (Fsp3) is 0.278. The zero-order chi connectivity index (χ0) is 17.4. The van der Waals surface area contributed by atoms with Crippen molar-refractivity contribution >= 4 is 28.4 Å². The summed E-state index contributed by atoms with van der Waals surface area (Å²) in [5, 5.41) is 7.99. The van der Waals surface area contributed by atoms with Gasteiger partial charge in [-0.15, -0.1) is 0 Å². The molecule has 3 heterocycles. The normalized spacial score (nSPS) is 17.4. The number of benzene rings is 1. The van der Waals surface area contributed by atoms with Gasteiger partial charge in [0.15, 0.2) is 0 Å². The number of carbonyl (C=O) groups excluding carboxylic acids is 2. The third kappa shape index (κ3) is 2.88. The Balaban J connectivity index is 1.42. The standard InChI is InChI=1S/C18H19N5O2/c1-22-11-13(10-20-22)23-7-6-16(18(23)25)21-17(24)8-12-9-19-15-5-3-2-4-14(12)15/h2-5,9-11,16,19H,6-8H2,1H3,(H,21,24). The molecule has 3 aromatic rings. The Morgan fingerprint density at radius 1 is 1.40 bits per heavy atom. The van der Waals surface area contributed by atoms with E-state index in [1.165, 1.54) is 0 Å². The number of aryl methyl sites for hydroxylation is 1. The quantitative estimate of drug-likeness (QED) is 0.754. The Hall–Kier alpha value is -3.09. The van der Waals surface area contributed by atoms with Gasteiger partial charge in [0.2, 0.25) is 11.8 Å². The number of aromatic nitrogens is 3. The van der Waals surface area contributed by atoms with Crippen LogP contribution >= 0.6 is 0 Å². The second-order valence-electron chi connectivity index (χ2n) is 6.31. The van der Waals surface area contributed by atoms with Gasteiger partial charge in [-0.1, -0.05) is 18.2 Å². The van der Waals surface area contributed by atoms with E-state index in [4.69, 9.17) is 0 Å². The molecule has 2 amide bonds. The summed E-state index contributed by atoms with van der Waals surface area (Å²) in [5.74, 6) is -0.226. The van der Waals surface area contributed by atoms with E-state index in [1.807, 2.05) is 37.5 Å². The zero-order valence-corrected chi connectivity index (χ0v) is 13.9. The van der Waals surface area contributed by atoms with Crippen molar-refractivity contribution in [2.75, 3.05) is 11.4 Å². The lowest BCUT2D eigenvalue weighted by Crippen LogP contribution is -2.42. The molecule has 128 valence electrons. The Kier molecular flexibility index (Phi) is 3.76. The minimum Gasteiger partial charge on any atom is -0.361 e. The third-order valence-electron chi connectivity index (χ3n) is 4.57. The summed E-state index contributed by atoms with van der Waals surface area (Å²) in [4.78, 5) is 29.8. The van der Waals surface area contributed by atoms with Gasteiger partial charge in [0, 0.05) is 36.9 Å². The molecule has 2 aromatic heterocycles. The SMILES string of the molecule is Cn1cc(N2CCC(NC(=O)Cc3c[nH]c4ccccc34)C2=O)cn1. The summed E-state index contributed by atoms with van der Waals surface area (Å²) < 4.78 is 1.66. The van der Waals surface area contributed by atoms with Crippen molar-refractivity contribution in [1.29, 1.82) is 0 Å². The summed E-state index contributed by atoms with van der Waals surface area (Å²) in [6.45, 7) is 0.586. The molecule has 1 aromatic carbocycles. The third-order valence-corrected chi connectivity index (χ3v) is 4.57. The number of hydrogen-bond donors (Lipinski definition) is 2. The number of carbonyl (C=O) groups is 2. The van der Waals surface area contributed by atoms with E-state index in [0.29, 0.717) is 13.0 Å². The summed E-state index contributed by atoms with van der Waals surface area (Å²) in [7, 11) is 1.81. The Bertz CT molecular complexity index is 942. The lowest BCUT2D eigenvalue weighted by atomic mass is 10.1. The van der Waals surface area contributed by atoms with Gasteiger partial charge in [0.05, 0.1) is 18.3 Å². The molecule has 0 radical (unpaired) electrons. The van der Waals surface area contributed by atoms with Crippen LogP contribution in [0.5, 0.6) is 0 Å². The van der Waals surface area contributed by atoms with Crippen LogP contribution in [-0.4, -0.2) is 39.2 Å². The van der Waals surface area contributed by atoms with Crippen LogP contribution < -0.4 is 10.2 Å². The molecule has 7 heteroatoms. The van der Waals surface area contributed by atoms with Gasteiger partial charge in [-0.2, -0.15) is 5.10 Å². The molecule has 2 N–H and O–H groups in total. The minimum absolute atomic E-state index is 0.0831. The first-order valence-corrected chi connectivity index (χ1v) is 8.26. The van der Waals surface area contributed by atoms with Crippen LogP contribution in [0.4, 0.5) is 5.69 Å². The highest BCUT2D eigenvalue weighted by Crippen LogP contribution is 2.21. The van der Waals surface area contributed by atoms with E-state index in [9.17, 15) is 9.59 Å². The molecule has 7 nitrogen and oxygen atoms in total. The average molecular weight is 337 g/mol. The van der Waals surface area contributed by atoms with Gasteiger partial charge >= 0.3 is 0 Å². The van der Waals surface area contributed by atoms with Crippen LogP contribution in [0, 0.1) is 0 Å². The number of rotatable bonds is 4. The first-order chi connectivity index (χ1) is 12.1. The molecule has 0 aliphatic carbocycles. The molecule has 0 spiro atoms. The number of amides is 2. The highest BCUT2D eigenvalue weighted by molar-refractivity contribution is 6.01. The van der Waals surface area contributed by atoms with Crippen LogP contribution in [0.3, 0.4) is 0 Å². The predicted octanol–water partition coefficient (Wildman–Crippen LogP) is 1.37. The summed E-state index contributed by atoms with van der Waals surface area (Å²) in [6, 6.07) is 7.39. The average Bonchev–Trinajstić information content (AvgIpc) is 3.29. The molecule has 1 atom stereocenters. The minimum atomic E-state index is -0.474. The van der Waals surface area contributed by atoms with E-state index < -0.39 is 6.04 Å². The van der Waals surface area contributed by atoms with Crippen LogP contribution in [0.1, 0.15) is 12.0 Å². The van der Waals surface area contributed by atoms with Crippen molar-refractivity contribution in [3.63, 3.8) is 0 Å². The monoisotopic (exact) mass is 337 g/mol. The van der Waals surface area contributed by atoms with E-state index in [-0.39, 0.29) is 18.2 Å². The smallest absolute Gasteiger partial charge is 0.249 e. The van der Waals surface area contributed by atoms with Gasteiger partial charge in [0.1, 0.15) is 6.04 Å². The second kappa shape index (κ2) is 6.08. The van der Waals surface area contributed by atoms with Gasteiger partial charge in [-0.3, -0.25) is 14.3 Å². The number of nitrogens with one attached hydrogen (secondary N) is 2.